The molecule has 0 bridgehead atoms. The largest absolute Gasteiger partial charge is 0.479 e. The molecule has 1 heterocycles. The number of hydrogen-bond donors (Lipinski definition) is 2. The van der Waals surface area contributed by atoms with Gasteiger partial charge in [0.25, 0.3) is 11.8 Å². The van der Waals surface area contributed by atoms with Gasteiger partial charge in [-0.2, -0.15) is 0 Å². The minimum absolute atomic E-state index is 0.134. The van der Waals surface area contributed by atoms with Gasteiger partial charge in [0.2, 0.25) is 0 Å². The Morgan fingerprint density at radius 1 is 1.18 bits per heavy atom. The minimum atomic E-state index is -0.491. The van der Waals surface area contributed by atoms with E-state index in [1.54, 1.807) is 20.0 Å². The molecule has 1 aliphatic rings. The van der Waals surface area contributed by atoms with Crippen LogP contribution in [0.5, 0.6) is 5.75 Å². The van der Waals surface area contributed by atoms with Crippen molar-refractivity contribution in [3.63, 3.8) is 0 Å². The second-order valence-electron chi connectivity index (χ2n) is 5.12. The number of carbonyl (C=O) groups is 2. The van der Waals surface area contributed by atoms with Crippen LogP contribution in [0, 0.1) is 0 Å². The number of ether oxygens (including phenoxy) is 1. The van der Waals surface area contributed by atoms with E-state index in [4.69, 9.17) is 4.74 Å². The second-order valence-corrected chi connectivity index (χ2v) is 5.12. The lowest BCUT2D eigenvalue weighted by atomic mass is 10.0. The standard InChI is InChI=1S/C17H16N2O3/c1-10-16(20)19-14-9-12(6-7-15(14)22-10)11-4-3-5-13(8-11)17(21)18-2/h3-10H,1-2H3,(H,18,21)(H,19,20). The molecule has 3 rings (SSSR count). The maximum atomic E-state index is 11.7. The molecule has 1 aliphatic heterocycles. The van der Waals surface area contributed by atoms with Gasteiger partial charge >= 0.3 is 0 Å². The second kappa shape index (κ2) is 5.52. The molecule has 0 aromatic heterocycles. The zero-order chi connectivity index (χ0) is 15.7. The highest BCUT2D eigenvalue weighted by Gasteiger charge is 2.23. The summed E-state index contributed by atoms with van der Waals surface area (Å²) in [6.07, 6.45) is -0.491. The fourth-order valence-corrected chi connectivity index (χ4v) is 2.37. The van der Waals surface area contributed by atoms with Crippen LogP contribution in [0.3, 0.4) is 0 Å². The molecule has 0 aliphatic carbocycles. The molecule has 5 nitrogen and oxygen atoms in total. The molecule has 5 heteroatoms. The van der Waals surface area contributed by atoms with E-state index >= 15 is 0 Å². The van der Waals surface area contributed by atoms with E-state index < -0.39 is 6.10 Å². The van der Waals surface area contributed by atoms with Gasteiger partial charge < -0.3 is 15.4 Å². The van der Waals surface area contributed by atoms with E-state index in [1.807, 2.05) is 36.4 Å². The van der Waals surface area contributed by atoms with Crippen molar-refractivity contribution in [1.29, 1.82) is 0 Å². The van der Waals surface area contributed by atoms with Gasteiger partial charge in [0.15, 0.2) is 6.10 Å². The Balaban J connectivity index is 1.98. The molecule has 2 aromatic rings. The summed E-state index contributed by atoms with van der Waals surface area (Å²) in [5.74, 6) is 0.354. The van der Waals surface area contributed by atoms with Crippen LogP contribution in [0.15, 0.2) is 42.5 Å². The highest BCUT2D eigenvalue weighted by molar-refractivity contribution is 5.98. The van der Waals surface area contributed by atoms with Crippen molar-refractivity contribution in [2.75, 3.05) is 12.4 Å². The van der Waals surface area contributed by atoms with Crippen molar-refractivity contribution in [1.82, 2.24) is 5.32 Å². The highest BCUT2D eigenvalue weighted by atomic mass is 16.5. The molecule has 2 N–H and O–H groups in total. The summed E-state index contributed by atoms with van der Waals surface area (Å²) in [6.45, 7) is 1.71. The molecule has 1 atom stereocenters. The van der Waals surface area contributed by atoms with Crippen LogP contribution in [-0.2, 0) is 4.79 Å². The molecular formula is C17H16N2O3. The average Bonchev–Trinajstić information content (AvgIpc) is 2.55. The van der Waals surface area contributed by atoms with Gasteiger partial charge in [-0.3, -0.25) is 9.59 Å². The Bertz CT molecular complexity index is 755. The van der Waals surface area contributed by atoms with Crippen molar-refractivity contribution in [2.45, 2.75) is 13.0 Å². The molecule has 2 aromatic carbocycles. The molecule has 22 heavy (non-hydrogen) atoms. The van der Waals surface area contributed by atoms with Crippen molar-refractivity contribution in [3.8, 4) is 16.9 Å². The van der Waals surface area contributed by atoms with E-state index in [2.05, 4.69) is 10.6 Å². The molecular weight excluding hydrogens is 280 g/mol. The smallest absolute Gasteiger partial charge is 0.265 e. The summed E-state index contributed by atoms with van der Waals surface area (Å²) in [5.41, 5.74) is 3.04. The van der Waals surface area contributed by atoms with E-state index in [-0.39, 0.29) is 11.8 Å². The fourth-order valence-electron chi connectivity index (χ4n) is 2.37. The van der Waals surface area contributed by atoms with Crippen LogP contribution in [0.4, 0.5) is 5.69 Å². The fraction of sp³-hybridized carbons (Fsp3) is 0.176. The number of rotatable bonds is 2. The van der Waals surface area contributed by atoms with E-state index in [9.17, 15) is 9.59 Å². The van der Waals surface area contributed by atoms with Crippen molar-refractivity contribution in [3.05, 3.63) is 48.0 Å². The maximum Gasteiger partial charge on any atom is 0.265 e. The zero-order valence-corrected chi connectivity index (χ0v) is 12.3. The average molecular weight is 296 g/mol. The monoisotopic (exact) mass is 296 g/mol. The molecule has 0 fully saturated rings. The number of hydrogen-bond acceptors (Lipinski definition) is 3. The number of carbonyl (C=O) groups excluding carboxylic acids is 2. The van der Waals surface area contributed by atoms with Gasteiger partial charge in [-0.15, -0.1) is 0 Å². The van der Waals surface area contributed by atoms with Crippen LogP contribution in [0.2, 0.25) is 0 Å². The van der Waals surface area contributed by atoms with E-state index in [0.717, 1.165) is 11.1 Å². The van der Waals surface area contributed by atoms with Crippen LogP contribution < -0.4 is 15.4 Å². The highest BCUT2D eigenvalue weighted by Crippen LogP contribution is 2.34. The lowest BCUT2D eigenvalue weighted by molar-refractivity contribution is -0.122. The number of fused-ring (bicyclic) bond motifs is 1. The normalized spacial score (nSPS) is 16.3. The molecule has 1 unspecified atom stereocenters. The lowest BCUT2D eigenvalue weighted by Crippen LogP contribution is -2.34. The van der Waals surface area contributed by atoms with Crippen LogP contribution in [0.25, 0.3) is 11.1 Å². The summed E-state index contributed by atoms with van der Waals surface area (Å²) in [7, 11) is 1.60. The third-order valence-corrected chi connectivity index (χ3v) is 3.60. The topological polar surface area (TPSA) is 67.4 Å². The number of benzene rings is 2. The molecule has 2 amide bonds. The number of nitrogens with one attached hydrogen (secondary N) is 2. The molecule has 0 radical (unpaired) electrons. The van der Waals surface area contributed by atoms with Gasteiger partial charge in [0, 0.05) is 12.6 Å². The van der Waals surface area contributed by atoms with Crippen molar-refractivity contribution in [2.24, 2.45) is 0 Å². The van der Waals surface area contributed by atoms with Gasteiger partial charge in [-0.05, 0) is 42.3 Å². The summed E-state index contributed by atoms with van der Waals surface area (Å²) in [4.78, 5) is 23.4. The van der Waals surface area contributed by atoms with Gasteiger partial charge in [0.1, 0.15) is 5.75 Å². The lowest BCUT2D eigenvalue weighted by Gasteiger charge is -2.23. The minimum Gasteiger partial charge on any atom is -0.479 e. The predicted molar refractivity (Wildman–Crippen MR) is 84.0 cm³/mol. The van der Waals surface area contributed by atoms with Crippen molar-refractivity contribution < 1.29 is 14.3 Å². The molecule has 0 saturated carbocycles. The Morgan fingerprint density at radius 3 is 2.73 bits per heavy atom. The third-order valence-electron chi connectivity index (χ3n) is 3.60. The first kappa shape index (κ1) is 14.1. The maximum absolute atomic E-state index is 11.7. The first-order valence-electron chi connectivity index (χ1n) is 7.02. The summed E-state index contributed by atoms with van der Waals surface area (Å²) in [5, 5.41) is 5.43. The SMILES string of the molecule is CNC(=O)c1cccc(-c2ccc3c(c2)NC(=O)C(C)O3)c1. The first-order chi connectivity index (χ1) is 10.6. The Labute approximate surface area is 128 Å². The zero-order valence-electron chi connectivity index (χ0n) is 12.3. The number of amides is 2. The van der Waals surface area contributed by atoms with Crippen LogP contribution in [0.1, 0.15) is 17.3 Å². The summed E-state index contributed by atoms with van der Waals surface area (Å²) >= 11 is 0. The molecule has 0 spiro atoms. The summed E-state index contributed by atoms with van der Waals surface area (Å²) in [6, 6.07) is 12.9. The van der Waals surface area contributed by atoms with Crippen LogP contribution >= 0.6 is 0 Å². The summed E-state index contributed by atoms with van der Waals surface area (Å²) < 4.78 is 5.54. The van der Waals surface area contributed by atoms with E-state index in [1.165, 1.54) is 0 Å². The number of anilines is 1. The predicted octanol–water partition coefficient (Wildman–Crippen LogP) is 2.43. The quantitative estimate of drug-likeness (QED) is 0.894. The Hall–Kier alpha value is -2.82. The van der Waals surface area contributed by atoms with Gasteiger partial charge in [-0.25, -0.2) is 0 Å². The van der Waals surface area contributed by atoms with Crippen LogP contribution in [-0.4, -0.2) is 25.0 Å². The van der Waals surface area contributed by atoms with Gasteiger partial charge in [-0.1, -0.05) is 18.2 Å². The molecule has 112 valence electrons. The third kappa shape index (κ3) is 2.53. The van der Waals surface area contributed by atoms with Gasteiger partial charge in [0.05, 0.1) is 5.69 Å². The van der Waals surface area contributed by atoms with E-state index in [0.29, 0.717) is 17.0 Å². The molecule has 0 saturated heterocycles. The Kier molecular flexibility index (Phi) is 3.55. The Morgan fingerprint density at radius 2 is 1.95 bits per heavy atom. The van der Waals surface area contributed by atoms with Crippen molar-refractivity contribution >= 4 is 17.5 Å². The first-order valence-corrected chi connectivity index (χ1v) is 7.02.